The lowest BCUT2D eigenvalue weighted by Crippen LogP contribution is -2.44. The van der Waals surface area contributed by atoms with E-state index in [9.17, 15) is 19.2 Å². The van der Waals surface area contributed by atoms with E-state index in [1.807, 2.05) is 0 Å². The molecule has 0 aliphatic carbocycles. The van der Waals surface area contributed by atoms with Crippen LogP contribution in [-0.2, 0) is 20.9 Å². The van der Waals surface area contributed by atoms with Gasteiger partial charge in [0.1, 0.15) is 6.54 Å². The number of rotatable bonds is 5. The van der Waals surface area contributed by atoms with Crippen molar-refractivity contribution in [3.05, 3.63) is 45.1 Å². The van der Waals surface area contributed by atoms with Gasteiger partial charge < -0.3 is 19.7 Å². The van der Waals surface area contributed by atoms with Gasteiger partial charge in [-0.2, -0.15) is 0 Å². The summed E-state index contributed by atoms with van der Waals surface area (Å²) < 4.78 is 6.07. The first-order valence-corrected chi connectivity index (χ1v) is 8.16. The molecule has 2 atom stereocenters. The molecular weight excluding hydrogens is 342 g/mol. The predicted octanol–water partition coefficient (Wildman–Crippen LogP) is -0.220. The van der Waals surface area contributed by atoms with Crippen molar-refractivity contribution in [2.75, 3.05) is 13.7 Å². The second-order valence-corrected chi connectivity index (χ2v) is 6.26. The van der Waals surface area contributed by atoms with E-state index >= 15 is 0 Å². The number of carboxylic acids is 1. The summed E-state index contributed by atoms with van der Waals surface area (Å²) in [7, 11) is 1.50. The highest BCUT2D eigenvalue weighted by atomic mass is 16.5. The molecular formula is C17H19N3O6. The molecule has 2 unspecified atom stereocenters. The SMILES string of the molecule is COC1CC(CC(=O)O)N(C(=O)Cn2c(=O)[nH]c3ccccc3c2=O)C1. The standard InChI is InChI=1S/C17H19N3O6/c1-26-11-6-10(7-15(22)23)19(8-11)14(21)9-20-16(24)12-4-2-3-5-13(12)18-17(20)25/h2-5,10-11H,6-9H2,1H3,(H,18,25)(H,22,23). The number of hydrogen-bond acceptors (Lipinski definition) is 5. The van der Waals surface area contributed by atoms with Crippen LogP contribution in [0, 0.1) is 0 Å². The molecule has 26 heavy (non-hydrogen) atoms. The number of aromatic nitrogens is 2. The van der Waals surface area contributed by atoms with Crippen LogP contribution in [0.5, 0.6) is 0 Å². The lowest BCUT2D eigenvalue weighted by Gasteiger charge is -2.23. The number of amides is 1. The van der Waals surface area contributed by atoms with Crippen LogP contribution in [0.15, 0.2) is 33.9 Å². The summed E-state index contributed by atoms with van der Waals surface area (Å²) >= 11 is 0. The third-order valence-electron chi connectivity index (χ3n) is 4.62. The Hall–Kier alpha value is -2.94. The fourth-order valence-corrected chi connectivity index (χ4v) is 3.31. The zero-order valence-electron chi connectivity index (χ0n) is 14.2. The molecule has 1 aromatic heterocycles. The van der Waals surface area contributed by atoms with Gasteiger partial charge in [0.15, 0.2) is 0 Å². The van der Waals surface area contributed by atoms with Crippen LogP contribution >= 0.6 is 0 Å². The number of para-hydroxylation sites is 1. The smallest absolute Gasteiger partial charge is 0.329 e. The molecule has 0 saturated carbocycles. The van der Waals surface area contributed by atoms with E-state index in [1.54, 1.807) is 24.3 Å². The lowest BCUT2D eigenvalue weighted by molar-refractivity contribution is -0.140. The molecule has 1 saturated heterocycles. The Morgan fingerprint density at radius 1 is 1.31 bits per heavy atom. The number of benzene rings is 1. The third kappa shape index (κ3) is 3.38. The Labute approximate surface area is 147 Å². The number of ether oxygens (including phenoxy) is 1. The number of likely N-dealkylation sites (tertiary alicyclic amines) is 1. The van der Waals surface area contributed by atoms with E-state index in [0.29, 0.717) is 17.3 Å². The van der Waals surface area contributed by atoms with Crippen molar-refractivity contribution in [3.8, 4) is 0 Å². The summed E-state index contributed by atoms with van der Waals surface area (Å²) in [4.78, 5) is 52.4. The molecule has 1 aliphatic heterocycles. The van der Waals surface area contributed by atoms with E-state index in [1.165, 1.54) is 12.0 Å². The van der Waals surface area contributed by atoms with E-state index in [2.05, 4.69) is 4.98 Å². The zero-order valence-corrected chi connectivity index (χ0v) is 14.2. The van der Waals surface area contributed by atoms with Crippen LogP contribution in [-0.4, -0.2) is 57.2 Å². The molecule has 9 heteroatoms. The average molecular weight is 361 g/mol. The largest absolute Gasteiger partial charge is 0.481 e. The molecule has 1 fully saturated rings. The first kappa shape index (κ1) is 17.9. The molecule has 0 radical (unpaired) electrons. The number of aliphatic carboxylic acids is 1. The summed E-state index contributed by atoms with van der Waals surface area (Å²) in [6.45, 7) is -0.223. The number of fused-ring (bicyclic) bond motifs is 1. The Morgan fingerprint density at radius 2 is 2.04 bits per heavy atom. The maximum atomic E-state index is 12.7. The number of nitrogens with one attached hydrogen (secondary N) is 1. The third-order valence-corrected chi connectivity index (χ3v) is 4.62. The van der Waals surface area contributed by atoms with E-state index in [0.717, 1.165) is 4.57 Å². The molecule has 138 valence electrons. The maximum absolute atomic E-state index is 12.7. The van der Waals surface area contributed by atoms with Gasteiger partial charge >= 0.3 is 11.7 Å². The average Bonchev–Trinajstić information content (AvgIpc) is 3.00. The Balaban J connectivity index is 1.89. The zero-order chi connectivity index (χ0) is 18.8. The van der Waals surface area contributed by atoms with Crippen LogP contribution in [0.1, 0.15) is 12.8 Å². The monoisotopic (exact) mass is 361 g/mol. The second kappa shape index (κ2) is 7.12. The number of aromatic amines is 1. The molecule has 2 aromatic rings. The molecule has 0 spiro atoms. The van der Waals surface area contributed by atoms with Gasteiger partial charge in [-0.1, -0.05) is 12.1 Å². The lowest BCUT2D eigenvalue weighted by atomic mass is 10.1. The molecule has 1 aromatic carbocycles. The van der Waals surface area contributed by atoms with Gasteiger partial charge in [0.2, 0.25) is 5.91 Å². The number of methoxy groups -OCH3 is 1. The summed E-state index contributed by atoms with van der Waals surface area (Å²) in [6.07, 6.45) is -0.0820. The van der Waals surface area contributed by atoms with Gasteiger partial charge in [-0.15, -0.1) is 0 Å². The van der Waals surface area contributed by atoms with Gasteiger partial charge in [0.25, 0.3) is 5.56 Å². The van der Waals surface area contributed by atoms with Crippen molar-refractivity contribution >= 4 is 22.8 Å². The van der Waals surface area contributed by atoms with Gasteiger partial charge in [0, 0.05) is 19.7 Å². The normalized spacial score (nSPS) is 19.8. The highest BCUT2D eigenvalue weighted by Crippen LogP contribution is 2.23. The van der Waals surface area contributed by atoms with E-state index < -0.39 is 35.7 Å². The predicted molar refractivity (Wildman–Crippen MR) is 92.0 cm³/mol. The maximum Gasteiger partial charge on any atom is 0.329 e. The summed E-state index contributed by atoms with van der Waals surface area (Å²) in [5, 5.41) is 9.34. The minimum Gasteiger partial charge on any atom is -0.481 e. The van der Waals surface area contributed by atoms with Crippen molar-refractivity contribution < 1.29 is 19.4 Å². The number of hydrogen-bond donors (Lipinski definition) is 2. The van der Waals surface area contributed by atoms with Crippen LogP contribution < -0.4 is 11.2 Å². The van der Waals surface area contributed by atoms with Crippen molar-refractivity contribution in [1.29, 1.82) is 0 Å². The first-order chi connectivity index (χ1) is 12.4. The van der Waals surface area contributed by atoms with Crippen molar-refractivity contribution in [2.45, 2.75) is 31.5 Å². The van der Waals surface area contributed by atoms with Crippen molar-refractivity contribution in [1.82, 2.24) is 14.5 Å². The minimum absolute atomic E-state index is 0.214. The molecule has 2 N–H and O–H groups in total. The number of carbonyl (C=O) groups is 2. The Kier molecular flexibility index (Phi) is 4.90. The minimum atomic E-state index is -1.02. The van der Waals surface area contributed by atoms with Gasteiger partial charge in [0.05, 0.1) is 23.4 Å². The van der Waals surface area contributed by atoms with Crippen molar-refractivity contribution in [3.63, 3.8) is 0 Å². The van der Waals surface area contributed by atoms with Crippen LogP contribution in [0.4, 0.5) is 0 Å². The van der Waals surface area contributed by atoms with Crippen LogP contribution in [0.2, 0.25) is 0 Å². The van der Waals surface area contributed by atoms with E-state index in [-0.39, 0.29) is 19.1 Å². The quantitative estimate of drug-likeness (QED) is 0.759. The molecule has 0 bridgehead atoms. The van der Waals surface area contributed by atoms with E-state index in [4.69, 9.17) is 9.84 Å². The number of carbonyl (C=O) groups excluding carboxylic acids is 1. The summed E-state index contributed by atoms with van der Waals surface area (Å²) in [5.41, 5.74) is -0.843. The highest BCUT2D eigenvalue weighted by molar-refractivity contribution is 5.80. The molecule has 3 rings (SSSR count). The number of nitrogens with zero attached hydrogens (tertiary/aromatic N) is 2. The fraction of sp³-hybridized carbons (Fsp3) is 0.412. The second-order valence-electron chi connectivity index (χ2n) is 6.26. The molecule has 9 nitrogen and oxygen atoms in total. The van der Waals surface area contributed by atoms with Crippen LogP contribution in [0.3, 0.4) is 0 Å². The number of carboxylic acid groups (broad SMARTS) is 1. The topological polar surface area (TPSA) is 122 Å². The van der Waals surface area contributed by atoms with Crippen molar-refractivity contribution in [2.24, 2.45) is 0 Å². The van der Waals surface area contributed by atoms with Crippen LogP contribution in [0.25, 0.3) is 10.9 Å². The van der Waals surface area contributed by atoms with Gasteiger partial charge in [-0.05, 0) is 18.6 Å². The molecule has 2 heterocycles. The Morgan fingerprint density at radius 3 is 2.73 bits per heavy atom. The number of H-pyrrole nitrogens is 1. The van der Waals surface area contributed by atoms with Gasteiger partial charge in [-0.3, -0.25) is 19.0 Å². The van der Waals surface area contributed by atoms with Gasteiger partial charge in [-0.25, -0.2) is 4.79 Å². The Bertz CT molecular complexity index is 963. The highest BCUT2D eigenvalue weighted by Gasteiger charge is 2.36. The molecule has 1 amide bonds. The fourth-order valence-electron chi connectivity index (χ4n) is 3.31. The summed E-state index contributed by atoms with van der Waals surface area (Å²) in [6, 6.07) is 6.01. The summed E-state index contributed by atoms with van der Waals surface area (Å²) in [5.74, 6) is -1.51. The molecule has 1 aliphatic rings. The first-order valence-electron chi connectivity index (χ1n) is 8.16.